The Kier molecular flexibility index (Phi) is 5.75. The maximum absolute atomic E-state index is 6.63. The lowest BCUT2D eigenvalue weighted by Crippen LogP contribution is -2.23. The molecule has 5 rings (SSSR count). The lowest BCUT2D eigenvalue weighted by Gasteiger charge is -2.24. The zero-order valence-corrected chi connectivity index (χ0v) is 20.6. The number of aromatic nitrogens is 3. The Morgan fingerprint density at radius 1 is 0.818 bits per heavy atom. The Balaban J connectivity index is 1.85. The fraction of sp³-hybridized carbons (Fsp3) is 0.296. The predicted molar refractivity (Wildman–Crippen MR) is 138 cm³/mol. The van der Waals surface area contributed by atoms with E-state index >= 15 is 0 Å². The molecule has 2 aromatic heterocycles. The highest BCUT2D eigenvalue weighted by atomic mass is 35.5. The van der Waals surface area contributed by atoms with E-state index in [0.29, 0.717) is 15.7 Å². The van der Waals surface area contributed by atoms with Crippen LogP contribution in [0, 0.1) is 0 Å². The average Bonchev–Trinajstić information content (AvgIpc) is 3.32. The van der Waals surface area contributed by atoms with Crippen molar-refractivity contribution in [3.8, 4) is 22.4 Å². The summed E-state index contributed by atoms with van der Waals surface area (Å²) in [6, 6.07) is 17.8. The number of pyridine rings is 1. The molecule has 0 bridgehead atoms. The molecule has 0 saturated carbocycles. The fourth-order valence-corrected chi connectivity index (χ4v) is 4.60. The van der Waals surface area contributed by atoms with Crippen LogP contribution in [-0.2, 0) is 5.41 Å². The Bertz CT molecular complexity index is 1320. The molecule has 4 nitrogen and oxygen atoms in total. The fourth-order valence-electron chi connectivity index (χ4n) is 4.25. The molecule has 6 heteroatoms. The van der Waals surface area contributed by atoms with Gasteiger partial charge in [0.25, 0.3) is 0 Å². The molecule has 0 amide bonds. The first-order valence-corrected chi connectivity index (χ1v) is 12.1. The molecule has 168 valence electrons. The van der Waals surface area contributed by atoms with E-state index < -0.39 is 0 Å². The van der Waals surface area contributed by atoms with Crippen LogP contribution in [0.15, 0.2) is 54.6 Å². The van der Waals surface area contributed by atoms with E-state index in [0.717, 1.165) is 52.5 Å². The Hall–Kier alpha value is -2.69. The van der Waals surface area contributed by atoms with Crippen LogP contribution in [0.2, 0.25) is 10.0 Å². The van der Waals surface area contributed by atoms with Crippen molar-refractivity contribution in [1.29, 1.82) is 0 Å². The highest BCUT2D eigenvalue weighted by Gasteiger charge is 2.25. The number of rotatable bonds is 3. The summed E-state index contributed by atoms with van der Waals surface area (Å²) in [5.41, 5.74) is 4.20. The lowest BCUT2D eigenvalue weighted by molar-refractivity contribution is 0.547. The molecule has 0 aliphatic carbocycles. The summed E-state index contributed by atoms with van der Waals surface area (Å²) in [7, 11) is 0. The van der Waals surface area contributed by atoms with Crippen LogP contribution in [0.1, 0.15) is 39.4 Å². The van der Waals surface area contributed by atoms with Gasteiger partial charge in [-0.15, -0.1) is 0 Å². The van der Waals surface area contributed by atoms with Gasteiger partial charge in [-0.1, -0.05) is 74.3 Å². The summed E-state index contributed by atoms with van der Waals surface area (Å²) in [5, 5.41) is 2.32. The molecule has 3 heterocycles. The topological polar surface area (TPSA) is 41.9 Å². The number of halogens is 2. The summed E-state index contributed by atoms with van der Waals surface area (Å²) in [6.45, 7) is 8.41. The van der Waals surface area contributed by atoms with Crippen molar-refractivity contribution in [2.24, 2.45) is 0 Å². The van der Waals surface area contributed by atoms with E-state index in [4.69, 9.17) is 38.2 Å². The minimum Gasteiger partial charge on any atom is -0.356 e. The number of hydrogen-bond acceptors (Lipinski definition) is 4. The Morgan fingerprint density at radius 2 is 1.52 bits per heavy atom. The number of anilines is 1. The molecule has 2 aromatic carbocycles. The van der Waals surface area contributed by atoms with Crippen molar-refractivity contribution in [3.63, 3.8) is 0 Å². The van der Waals surface area contributed by atoms with Crippen LogP contribution in [0.4, 0.5) is 5.82 Å². The lowest BCUT2D eigenvalue weighted by atomic mass is 9.95. The van der Waals surface area contributed by atoms with E-state index in [-0.39, 0.29) is 5.41 Å². The molecule has 4 aromatic rings. The van der Waals surface area contributed by atoms with Gasteiger partial charge in [-0.05, 0) is 42.7 Å². The van der Waals surface area contributed by atoms with Crippen LogP contribution < -0.4 is 4.90 Å². The molecule has 1 fully saturated rings. The smallest absolute Gasteiger partial charge is 0.165 e. The molecular formula is C27H26Cl2N4. The van der Waals surface area contributed by atoms with Gasteiger partial charge in [-0.25, -0.2) is 15.0 Å². The number of fused-ring (bicyclic) bond motifs is 1. The van der Waals surface area contributed by atoms with E-state index in [2.05, 4.69) is 31.7 Å². The standard InChI is InChI=1S/C27H26Cl2N4/c1-27(2,3)26-31-24-21(25(32-26)33-14-6-7-15-33)16-20(17-10-12-18(28)13-11-17)23(30-24)19-8-4-5-9-22(19)29/h4-5,8-13,16H,6-7,14-15H2,1-3H3. The Labute approximate surface area is 204 Å². The maximum atomic E-state index is 6.63. The third kappa shape index (κ3) is 4.30. The van der Waals surface area contributed by atoms with Crippen LogP contribution in [-0.4, -0.2) is 28.0 Å². The SMILES string of the molecule is CC(C)(C)c1nc(N2CCCC2)c2cc(-c3ccc(Cl)cc3)c(-c3ccccc3Cl)nc2n1. The molecule has 1 aliphatic rings. The normalized spacial score (nSPS) is 14.3. The molecular weight excluding hydrogens is 451 g/mol. The first kappa shape index (κ1) is 22.1. The molecule has 0 unspecified atom stereocenters. The summed E-state index contributed by atoms with van der Waals surface area (Å²) in [4.78, 5) is 17.5. The molecule has 0 N–H and O–H groups in total. The second-order valence-electron chi connectivity index (χ2n) is 9.56. The van der Waals surface area contributed by atoms with Gasteiger partial charge in [-0.3, -0.25) is 0 Å². The van der Waals surface area contributed by atoms with E-state index in [1.807, 2.05) is 48.5 Å². The van der Waals surface area contributed by atoms with Gasteiger partial charge in [0.2, 0.25) is 0 Å². The number of benzene rings is 2. The van der Waals surface area contributed by atoms with Gasteiger partial charge in [0.15, 0.2) is 5.65 Å². The highest BCUT2D eigenvalue weighted by molar-refractivity contribution is 6.33. The van der Waals surface area contributed by atoms with Gasteiger partial charge in [-0.2, -0.15) is 0 Å². The van der Waals surface area contributed by atoms with Crippen molar-refractivity contribution in [2.45, 2.75) is 39.0 Å². The van der Waals surface area contributed by atoms with Gasteiger partial charge >= 0.3 is 0 Å². The van der Waals surface area contributed by atoms with Crippen LogP contribution in [0.5, 0.6) is 0 Å². The molecule has 1 aliphatic heterocycles. The first-order valence-electron chi connectivity index (χ1n) is 11.3. The summed E-state index contributed by atoms with van der Waals surface area (Å²) >= 11 is 12.8. The third-order valence-corrected chi connectivity index (χ3v) is 6.61. The average molecular weight is 477 g/mol. The quantitative estimate of drug-likeness (QED) is 0.305. The summed E-state index contributed by atoms with van der Waals surface area (Å²) in [6.07, 6.45) is 2.34. The number of nitrogens with zero attached hydrogens (tertiary/aromatic N) is 4. The second kappa shape index (κ2) is 8.58. The first-order chi connectivity index (χ1) is 15.8. The van der Waals surface area contributed by atoms with E-state index in [1.54, 1.807) is 0 Å². The molecule has 33 heavy (non-hydrogen) atoms. The van der Waals surface area contributed by atoms with Gasteiger partial charge < -0.3 is 4.90 Å². The van der Waals surface area contributed by atoms with Crippen molar-refractivity contribution >= 4 is 40.1 Å². The molecule has 0 atom stereocenters. The van der Waals surface area contributed by atoms with Gasteiger partial charge in [0.05, 0.1) is 11.1 Å². The van der Waals surface area contributed by atoms with Crippen LogP contribution >= 0.6 is 23.2 Å². The minimum absolute atomic E-state index is 0.191. The van der Waals surface area contributed by atoms with E-state index in [9.17, 15) is 0 Å². The van der Waals surface area contributed by atoms with Crippen LogP contribution in [0.25, 0.3) is 33.4 Å². The van der Waals surface area contributed by atoms with Gasteiger partial charge in [0.1, 0.15) is 11.6 Å². The van der Waals surface area contributed by atoms with Crippen molar-refractivity contribution in [2.75, 3.05) is 18.0 Å². The molecule has 0 radical (unpaired) electrons. The zero-order valence-electron chi connectivity index (χ0n) is 19.1. The Morgan fingerprint density at radius 3 is 2.18 bits per heavy atom. The third-order valence-electron chi connectivity index (χ3n) is 6.03. The zero-order chi connectivity index (χ0) is 23.2. The maximum Gasteiger partial charge on any atom is 0.165 e. The highest BCUT2D eigenvalue weighted by Crippen LogP contribution is 2.39. The summed E-state index contributed by atoms with van der Waals surface area (Å²) < 4.78 is 0. The van der Waals surface area contributed by atoms with Crippen LogP contribution in [0.3, 0.4) is 0 Å². The molecule has 1 saturated heterocycles. The predicted octanol–water partition coefficient (Wildman–Crippen LogP) is 7.56. The number of hydrogen-bond donors (Lipinski definition) is 0. The minimum atomic E-state index is -0.191. The summed E-state index contributed by atoms with van der Waals surface area (Å²) in [5.74, 6) is 1.77. The van der Waals surface area contributed by atoms with Crippen molar-refractivity contribution in [1.82, 2.24) is 15.0 Å². The van der Waals surface area contributed by atoms with Gasteiger partial charge in [0, 0.05) is 39.7 Å². The van der Waals surface area contributed by atoms with E-state index in [1.165, 1.54) is 12.8 Å². The second-order valence-corrected chi connectivity index (χ2v) is 10.4. The largest absolute Gasteiger partial charge is 0.356 e. The van der Waals surface area contributed by atoms with Crippen molar-refractivity contribution < 1.29 is 0 Å². The molecule has 0 spiro atoms. The monoisotopic (exact) mass is 476 g/mol. The van der Waals surface area contributed by atoms with Crippen molar-refractivity contribution in [3.05, 3.63) is 70.5 Å².